The van der Waals surface area contributed by atoms with E-state index in [-0.39, 0.29) is 52.8 Å². The van der Waals surface area contributed by atoms with Crippen LogP contribution < -0.4 is 29.6 Å². The molecule has 0 bridgehead atoms. The Morgan fingerprint density at radius 2 is 1.89 bits per heavy atom. The molecule has 0 aliphatic heterocycles. The van der Waals surface area contributed by atoms with E-state index in [1.165, 1.54) is 6.82 Å². The standard InChI is InChI=1S/CH3B.CH2O3.B.Na.H2O.H2.H/c1-2;2-1-4-3;;;;;/h1H3;1,3H;;;1H2;1H;/q;;;+1;;;-1. The molecule has 0 saturated carbocycles. The summed E-state index contributed by atoms with van der Waals surface area (Å²) in [6, 6.07) is 0. The maximum Gasteiger partial charge on any atom is 1.00 e. The summed E-state index contributed by atoms with van der Waals surface area (Å²) in [4.78, 5) is 11.6. The van der Waals surface area contributed by atoms with Crippen molar-refractivity contribution in [2.75, 3.05) is 0 Å². The van der Waals surface area contributed by atoms with Gasteiger partial charge in [0.05, 0.1) is 7.85 Å². The zero-order valence-electron chi connectivity index (χ0n) is 6.50. The molecule has 0 unspecified atom stereocenters. The van der Waals surface area contributed by atoms with Crippen molar-refractivity contribution in [2.45, 2.75) is 6.82 Å². The van der Waals surface area contributed by atoms with E-state index in [0.29, 0.717) is 0 Å². The van der Waals surface area contributed by atoms with Crippen LogP contribution in [0, 0.1) is 0 Å². The molecule has 7 heteroatoms. The van der Waals surface area contributed by atoms with Gasteiger partial charge in [0.1, 0.15) is 0 Å². The van der Waals surface area contributed by atoms with Crippen LogP contribution in [-0.2, 0) is 9.68 Å². The van der Waals surface area contributed by atoms with Crippen molar-refractivity contribution in [3.63, 3.8) is 0 Å². The van der Waals surface area contributed by atoms with E-state index in [9.17, 15) is 0 Å². The second-order valence-corrected chi connectivity index (χ2v) is 0.202. The van der Waals surface area contributed by atoms with Crippen molar-refractivity contribution in [3.8, 4) is 0 Å². The summed E-state index contributed by atoms with van der Waals surface area (Å²) in [5.41, 5.74) is 0. The molecule has 0 aliphatic rings. The molecule has 0 heterocycles. The van der Waals surface area contributed by atoms with E-state index in [1.807, 2.05) is 0 Å². The van der Waals surface area contributed by atoms with Crippen LogP contribution in [0.5, 0.6) is 0 Å². The number of hydrogen-bond acceptors (Lipinski definition) is 3. The average molecular weight is 143 g/mol. The van der Waals surface area contributed by atoms with Crippen molar-refractivity contribution in [2.24, 2.45) is 0 Å². The Bertz CT molecular complexity index is 38.1. The van der Waals surface area contributed by atoms with Gasteiger partial charge < -0.3 is 11.8 Å². The van der Waals surface area contributed by atoms with Gasteiger partial charge in [-0.1, -0.05) is 6.82 Å². The van der Waals surface area contributed by atoms with Crippen LogP contribution in [0.1, 0.15) is 2.85 Å². The SMILES string of the molecule is O.O=COO.[B].[B]C.[H-].[HH].[Na+]. The van der Waals surface area contributed by atoms with Crippen LogP contribution >= 0.6 is 0 Å². The van der Waals surface area contributed by atoms with Crippen molar-refractivity contribution >= 4 is 22.7 Å². The van der Waals surface area contributed by atoms with E-state index in [0.717, 1.165) is 0 Å². The van der Waals surface area contributed by atoms with Gasteiger partial charge in [0.15, 0.2) is 0 Å². The Kier molecular flexibility index (Phi) is 285. The summed E-state index contributed by atoms with van der Waals surface area (Å²) in [5.74, 6) is 0. The fraction of sp³-hybridized carbons (Fsp3) is 0.500. The van der Waals surface area contributed by atoms with Gasteiger partial charge in [-0.25, -0.2) is 5.26 Å². The van der Waals surface area contributed by atoms with Gasteiger partial charge in [0.2, 0.25) is 0 Å². The second kappa shape index (κ2) is 75.9. The molecule has 0 amide bonds. The normalized spacial score (nSPS) is 2.89. The summed E-state index contributed by atoms with van der Waals surface area (Å²) in [6.45, 7) is 1.43. The van der Waals surface area contributed by atoms with Gasteiger partial charge in [-0.3, -0.25) is 4.79 Å². The number of carbonyl (C=O) groups excluding carboxylic acids is 1. The van der Waals surface area contributed by atoms with Crippen LogP contribution in [0.25, 0.3) is 0 Å². The molecule has 0 spiro atoms. The first-order valence-corrected chi connectivity index (χ1v) is 1.23. The van der Waals surface area contributed by atoms with Gasteiger partial charge in [-0.05, 0) is 0 Å². The second-order valence-electron chi connectivity index (χ2n) is 0.202. The zero-order valence-corrected chi connectivity index (χ0v) is 7.50. The molecule has 0 aromatic carbocycles. The summed E-state index contributed by atoms with van der Waals surface area (Å²) in [7, 11) is 4.50. The Morgan fingerprint density at radius 3 is 1.89 bits per heavy atom. The third kappa shape index (κ3) is 157. The van der Waals surface area contributed by atoms with Crippen molar-refractivity contribution in [1.29, 1.82) is 0 Å². The van der Waals surface area contributed by atoms with Gasteiger partial charge >= 0.3 is 36.0 Å². The maximum atomic E-state index is 8.70. The predicted molar refractivity (Wildman–Crippen MR) is 34.0 cm³/mol. The third-order valence-electron chi connectivity index (χ3n) is 0.0430. The molecule has 0 aromatic heterocycles. The van der Waals surface area contributed by atoms with Crippen LogP contribution in [0.2, 0.25) is 6.82 Å². The molecule has 4 nitrogen and oxygen atoms in total. The van der Waals surface area contributed by atoms with Gasteiger partial charge in [0.25, 0.3) is 0 Å². The molecular formula is C2H10B2NaO4. The average Bonchev–Trinajstić information content (AvgIpc) is 1.72. The predicted octanol–water partition coefficient (Wildman–Crippen LogP) is -4.01. The number of carbonyl (C=O) groups is 1. The minimum Gasteiger partial charge on any atom is -1.00 e. The number of rotatable bonds is 1. The molecule has 0 rings (SSSR count). The van der Waals surface area contributed by atoms with Crippen LogP contribution in [0.3, 0.4) is 0 Å². The Morgan fingerprint density at radius 1 is 1.78 bits per heavy atom. The Hall–Kier alpha value is 0.520. The molecule has 0 fully saturated rings. The minimum absolute atomic E-state index is 0. The molecule has 0 saturated heterocycles. The van der Waals surface area contributed by atoms with Gasteiger partial charge in [-0.2, -0.15) is 0 Å². The zero-order chi connectivity index (χ0) is 5.41. The molecule has 49 valence electrons. The van der Waals surface area contributed by atoms with Crippen LogP contribution in [0.4, 0.5) is 0 Å². The van der Waals surface area contributed by atoms with E-state index in [4.69, 9.17) is 10.1 Å². The van der Waals surface area contributed by atoms with Crippen LogP contribution in [0.15, 0.2) is 0 Å². The minimum atomic E-state index is -0.0694. The van der Waals surface area contributed by atoms with Gasteiger partial charge in [-0.15, -0.1) is 0 Å². The summed E-state index contributed by atoms with van der Waals surface area (Å²) in [5, 5.41) is 7.01. The first-order chi connectivity index (χ1) is 2.91. The fourth-order valence-electron chi connectivity index (χ4n) is 0. The van der Waals surface area contributed by atoms with Crippen molar-refractivity contribution in [1.82, 2.24) is 0 Å². The summed E-state index contributed by atoms with van der Waals surface area (Å²) >= 11 is 0. The monoisotopic (exact) mass is 143 g/mol. The quantitative estimate of drug-likeness (QED) is 0.176. The molecule has 5 radical (unpaired) electrons. The topological polar surface area (TPSA) is 78.0 Å². The first kappa shape index (κ1) is 33.8. The van der Waals surface area contributed by atoms with Crippen molar-refractivity contribution in [3.05, 3.63) is 0 Å². The Labute approximate surface area is 82.4 Å². The van der Waals surface area contributed by atoms with E-state index in [1.54, 1.807) is 0 Å². The van der Waals surface area contributed by atoms with E-state index in [2.05, 4.69) is 12.7 Å². The third-order valence-corrected chi connectivity index (χ3v) is 0.0430. The van der Waals surface area contributed by atoms with Crippen LogP contribution in [-0.4, -0.2) is 33.5 Å². The molecule has 9 heavy (non-hydrogen) atoms. The molecule has 3 N–H and O–H groups in total. The Balaban J connectivity index is -0.00000000432. The molecule has 0 aliphatic carbocycles. The van der Waals surface area contributed by atoms with E-state index >= 15 is 0 Å². The summed E-state index contributed by atoms with van der Waals surface area (Å²) < 4.78 is 0. The summed E-state index contributed by atoms with van der Waals surface area (Å²) in [6.07, 6.45) is 0. The van der Waals surface area contributed by atoms with E-state index < -0.39 is 0 Å². The fourth-order valence-corrected chi connectivity index (χ4v) is 0. The largest absolute Gasteiger partial charge is 1.00 e. The smallest absolute Gasteiger partial charge is 1.00 e. The maximum absolute atomic E-state index is 8.70. The molecular weight excluding hydrogens is 133 g/mol. The molecule has 0 aromatic rings. The van der Waals surface area contributed by atoms with Crippen molar-refractivity contribution < 1.29 is 52.8 Å². The molecule has 0 atom stereocenters. The first-order valence-electron chi connectivity index (χ1n) is 1.23. The van der Waals surface area contributed by atoms with Gasteiger partial charge in [0, 0.05) is 9.84 Å². The number of hydrogen-bond donors (Lipinski definition) is 1.